The number of aliphatic hydroxyl groups excluding tert-OH is 1. The molecule has 3 nitrogen and oxygen atoms in total. The van der Waals surface area contributed by atoms with Gasteiger partial charge in [0.25, 0.3) is 0 Å². The molecule has 112 valence electrons. The number of aliphatic hydroxyl groups is 1. The summed E-state index contributed by atoms with van der Waals surface area (Å²) in [6.45, 7) is 3.10. The molecule has 20 heavy (non-hydrogen) atoms. The normalized spacial score (nSPS) is 22.9. The zero-order valence-corrected chi connectivity index (χ0v) is 13.6. The highest BCUT2D eigenvalue weighted by molar-refractivity contribution is 9.10. The lowest BCUT2D eigenvalue weighted by atomic mass is 9.99. The van der Waals surface area contributed by atoms with Crippen molar-refractivity contribution in [2.75, 3.05) is 33.7 Å². The first-order valence-corrected chi connectivity index (χ1v) is 7.76. The molecule has 2 atom stereocenters. The molecule has 1 fully saturated rings. The van der Waals surface area contributed by atoms with Crippen molar-refractivity contribution < 1.29 is 9.50 Å². The van der Waals surface area contributed by atoms with Crippen LogP contribution in [0.1, 0.15) is 12.0 Å². The van der Waals surface area contributed by atoms with Crippen LogP contribution in [0.5, 0.6) is 0 Å². The SMILES string of the molecule is CN1CCN(C)C(CC(O)Cc2ccc(F)cc2Br)C1. The molecule has 0 bridgehead atoms. The van der Waals surface area contributed by atoms with Gasteiger partial charge in [-0.1, -0.05) is 22.0 Å². The molecule has 1 N–H and O–H groups in total. The Labute approximate surface area is 128 Å². The Kier molecular flexibility index (Phi) is 5.55. The summed E-state index contributed by atoms with van der Waals surface area (Å²) < 4.78 is 13.8. The predicted molar refractivity (Wildman–Crippen MR) is 82.3 cm³/mol. The van der Waals surface area contributed by atoms with E-state index in [1.165, 1.54) is 12.1 Å². The van der Waals surface area contributed by atoms with Gasteiger partial charge in [0.15, 0.2) is 0 Å². The standard InChI is InChI=1S/C15H22BrFN2O/c1-18-5-6-19(2)13(10-18)9-14(20)7-11-3-4-12(17)8-15(11)16/h3-4,8,13-14,20H,5-7,9-10H2,1-2H3. The molecule has 0 saturated carbocycles. The van der Waals surface area contributed by atoms with Crippen LogP contribution in [0.3, 0.4) is 0 Å². The summed E-state index contributed by atoms with van der Waals surface area (Å²) in [4.78, 5) is 4.61. The van der Waals surface area contributed by atoms with Crippen LogP contribution in [0.4, 0.5) is 4.39 Å². The lowest BCUT2D eigenvalue weighted by molar-refractivity contribution is 0.0638. The summed E-state index contributed by atoms with van der Waals surface area (Å²) in [5, 5.41) is 10.3. The summed E-state index contributed by atoms with van der Waals surface area (Å²) in [6.07, 6.45) is 0.884. The Morgan fingerprint density at radius 2 is 2.15 bits per heavy atom. The number of nitrogens with zero attached hydrogens (tertiary/aromatic N) is 2. The molecule has 1 aliphatic rings. The molecule has 2 rings (SSSR count). The third-order valence-corrected chi connectivity index (χ3v) is 4.73. The van der Waals surface area contributed by atoms with Crippen molar-refractivity contribution in [2.24, 2.45) is 0 Å². The monoisotopic (exact) mass is 344 g/mol. The smallest absolute Gasteiger partial charge is 0.124 e. The van der Waals surface area contributed by atoms with E-state index in [4.69, 9.17) is 0 Å². The maximum atomic E-state index is 13.0. The molecule has 5 heteroatoms. The molecular weight excluding hydrogens is 323 g/mol. The van der Waals surface area contributed by atoms with Crippen LogP contribution in [-0.4, -0.2) is 60.8 Å². The molecule has 1 saturated heterocycles. The molecule has 0 radical (unpaired) electrons. The number of piperazine rings is 1. The minimum absolute atomic E-state index is 0.260. The van der Waals surface area contributed by atoms with Gasteiger partial charge >= 0.3 is 0 Å². The van der Waals surface area contributed by atoms with Crippen molar-refractivity contribution in [2.45, 2.75) is 25.0 Å². The molecular formula is C15H22BrFN2O. The van der Waals surface area contributed by atoms with E-state index in [9.17, 15) is 9.50 Å². The van der Waals surface area contributed by atoms with E-state index < -0.39 is 6.10 Å². The highest BCUT2D eigenvalue weighted by Gasteiger charge is 2.24. The van der Waals surface area contributed by atoms with E-state index in [0.717, 1.165) is 36.1 Å². The van der Waals surface area contributed by atoms with E-state index in [2.05, 4.69) is 39.8 Å². The quantitative estimate of drug-likeness (QED) is 0.906. The van der Waals surface area contributed by atoms with Gasteiger partial charge in [-0.2, -0.15) is 0 Å². The van der Waals surface area contributed by atoms with E-state index >= 15 is 0 Å². The summed E-state index contributed by atoms with van der Waals surface area (Å²) in [6, 6.07) is 5.00. The molecule has 1 aliphatic heterocycles. The maximum absolute atomic E-state index is 13.0. The lowest BCUT2D eigenvalue weighted by Crippen LogP contribution is -2.51. The Morgan fingerprint density at radius 3 is 2.85 bits per heavy atom. The number of benzene rings is 1. The third kappa shape index (κ3) is 4.25. The van der Waals surface area contributed by atoms with Crippen LogP contribution in [0.25, 0.3) is 0 Å². The van der Waals surface area contributed by atoms with Crippen molar-refractivity contribution in [3.63, 3.8) is 0 Å². The van der Waals surface area contributed by atoms with Crippen LogP contribution >= 0.6 is 15.9 Å². The van der Waals surface area contributed by atoms with Gasteiger partial charge < -0.3 is 14.9 Å². The van der Waals surface area contributed by atoms with Crippen LogP contribution in [0, 0.1) is 5.82 Å². The van der Waals surface area contributed by atoms with Crippen molar-refractivity contribution in [1.29, 1.82) is 0 Å². The first-order valence-electron chi connectivity index (χ1n) is 6.96. The topological polar surface area (TPSA) is 26.7 Å². The maximum Gasteiger partial charge on any atom is 0.124 e. The summed E-state index contributed by atoms with van der Waals surface area (Å²) in [5.74, 6) is -0.260. The molecule has 0 aliphatic carbocycles. The van der Waals surface area contributed by atoms with Crippen LogP contribution < -0.4 is 0 Å². The Balaban J connectivity index is 1.93. The van der Waals surface area contributed by atoms with Gasteiger partial charge in [-0.05, 0) is 44.6 Å². The fraction of sp³-hybridized carbons (Fsp3) is 0.600. The van der Waals surface area contributed by atoms with Gasteiger partial charge in [0, 0.05) is 30.1 Å². The van der Waals surface area contributed by atoms with Crippen molar-refractivity contribution >= 4 is 15.9 Å². The van der Waals surface area contributed by atoms with Crippen LogP contribution in [0.2, 0.25) is 0 Å². The predicted octanol–water partition coefficient (Wildman–Crippen LogP) is 2.13. The highest BCUT2D eigenvalue weighted by Crippen LogP contribution is 2.21. The lowest BCUT2D eigenvalue weighted by Gasteiger charge is -2.38. The minimum Gasteiger partial charge on any atom is -0.393 e. The Bertz CT molecular complexity index is 457. The molecule has 0 amide bonds. The second kappa shape index (κ2) is 6.98. The average Bonchev–Trinajstić information content (AvgIpc) is 2.37. The largest absolute Gasteiger partial charge is 0.393 e. The highest BCUT2D eigenvalue weighted by atomic mass is 79.9. The Morgan fingerprint density at radius 1 is 1.40 bits per heavy atom. The summed E-state index contributed by atoms with van der Waals surface area (Å²) in [5.41, 5.74) is 0.950. The van der Waals surface area contributed by atoms with Gasteiger partial charge in [-0.15, -0.1) is 0 Å². The van der Waals surface area contributed by atoms with Crippen molar-refractivity contribution in [3.8, 4) is 0 Å². The minimum atomic E-state index is -0.407. The van der Waals surface area contributed by atoms with E-state index in [1.54, 1.807) is 6.07 Å². The van der Waals surface area contributed by atoms with Gasteiger partial charge in [0.1, 0.15) is 5.82 Å². The van der Waals surface area contributed by atoms with Gasteiger partial charge in [-0.25, -0.2) is 4.39 Å². The molecule has 1 aromatic carbocycles. The van der Waals surface area contributed by atoms with Crippen LogP contribution in [-0.2, 0) is 6.42 Å². The summed E-state index contributed by atoms with van der Waals surface area (Å²) >= 11 is 3.35. The number of hydrogen-bond donors (Lipinski definition) is 1. The fourth-order valence-electron chi connectivity index (χ4n) is 2.69. The molecule has 1 heterocycles. The third-order valence-electron chi connectivity index (χ3n) is 3.99. The first kappa shape index (κ1) is 15.9. The number of halogens is 2. The second-order valence-electron chi connectivity index (χ2n) is 5.73. The van der Waals surface area contributed by atoms with E-state index in [-0.39, 0.29) is 5.82 Å². The van der Waals surface area contributed by atoms with Crippen molar-refractivity contribution in [1.82, 2.24) is 9.80 Å². The molecule has 2 unspecified atom stereocenters. The molecule has 1 aromatic rings. The van der Waals surface area contributed by atoms with Gasteiger partial charge in [0.2, 0.25) is 0 Å². The Hall–Kier alpha value is -0.490. The molecule has 0 spiro atoms. The zero-order chi connectivity index (χ0) is 14.7. The second-order valence-corrected chi connectivity index (χ2v) is 6.58. The zero-order valence-electron chi connectivity index (χ0n) is 12.0. The number of rotatable bonds is 4. The first-order chi connectivity index (χ1) is 9.45. The number of likely N-dealkylation sites (N-methyl/N-ethyl adjacent to an activating group) is 2. The van der Waals surface area contributed by atoms with Crippen LogP contribution in [0.15, 0.2) is 22.7 Å². The number of hydrogen-bond acceptors (Lipinski definition) is 3. The van der Waals surface area contributed by atoms with E-state index in [0.29, 0.717) is 12.5 Å². The summed E-state index contributed by atoms with van der Waals surface area (Å²) in [7, 11) is 4.22. The van der Waals surface area contributed by atoms with Crippen molar-refractivity contribution in [3.05, 3.63) is 34.1 Å². The molecule has 0 aromatic heterocycles. The average molecular weight is 345 g/mol. The van der Waals surface area contributed by atoms with Gasteiger partial charge in [-0.3, -0.25) is 0 Å². The van der Waals surface area contributed by atoms with Gasteiger partial charge in [0.05, 0.1) is 6.10 Å². The fourth-order valence-corrected chi connectivity index (χ4v) is 3.21. The van der Waals surface area contributed by atoms with E-state index in [1.807, 2.05) is 0 Å².